The summed E-state index contributed by atoms with van der Waals surface area (Å²) in [6.07, 6.45) is 1.73. The van der Waals surface area contributed by atoms with E-state index in [1.165, 1.54) is 30.3 Å². The first kappa shape index (κ1) is 21.7. The highest BCUT2D eigenvalue weighted by Crippen LogP contribution is 2.29. The first-order valence-electron chi connectivity index (χ1n) is 10.7. The second-order valence-electron chi connectivity index (χ2n) is 7.69. The highest BCUT2D eigenvalue weighted by molar-refractivity contribution is 6.04. The van der Waals surface area contributed by atoms with E-state index in [0.717, 1.165) is 31.0 Å². The highest BCUT2D eigenvalue weighted by Gasteiger charge is 2.14. The third-order valence-electron chi connectivity index (χ3n) is 5.34. The molecule has 1 aliphatic heterocycles. The summed E-state index contributed by atoms with van der Waals surface area (Å²) in [6, 6.07) is 14.5. The number of benzene rings is 3. The zero-order chi connectivity index (χ0) is 23.5. The molecule has 2 heterocycles. The van der Waals surface area contributed by atoms with E-state index >= 15 is 0 Å². The second-order valence-corrected chi connectivity index (χ2v) is 7.69. The predicted octanol–water partition coefficient (Wildman–Crippen LogP) is 4.79. The van der Waals surface area contributed by atoms with Gasteiger partial charge >= 0.3 is 0 Å². The smallest absolute Gasteiger partial charge is 0.255 e. The molecule has 0 bridgehead atoms. The number of carbonyl (C=O) groups excluding carboxylic acids is 1. The molecule has 172 valence electrons. The Balaban J connectivity index is 1.32. The number of hydrogen-bond donors (Lipinski definition) is 1. The average Bonchev–Trinajstić information content (AvgIpc) is 2.86. The molecular formula is C25H20F2N4O3. The van der Waals surface area contributed by atoms with E-state index in [4.69, 9.17) is 9.47 Å². The number of aromatic nitrogens is 2. The largest absolute Gasteiger partial charge is 0.454 e. The number of anilines is 2. The molecule has 4 aromatic rings. The third kappa shape index (κ3) is 4.79. The Kier molecular flexibility index (Phi) is 6.01. The molecule has 5 rings (SSSR count). The van der Waals surface area contributed by atoms with Crippen molar-refractivity contribution in [1.82, 2.24) is 9.97 Å². The van der Waals surface area contributed by atoms with Gasteiger partial charge < -0.3 is 19.7 Å². The van der Waals surface area contributed by atoms with E-state index in [2.05, 4.69) is 20.2 Å². The molecule has 1 N–H and O–H groups in total. The number of ether oxygens (including phenoxy) is 2. The van der Waals surface area contributed by atoms with Crippen LogP contribution in [-0.4, -0.2) is 42.2 Å². The molecule has 0 saturated carbocycles. The molecule has 0 radical (unpaired) electrons. The van der Waals surface area contributed by atoms with Gasteiger partial charge in [-0.2, -0.15) is 0 Å². The summed E-state index contributed by atoms with van der Waals surface area (Å²) < 4.78 is 39.1. The monoisotopic (exact) mass is 462 g/mol. The quantitative estimate of drug-likeness (QED) is 0.460. The summed E-state index contributed by atoms with van der Waals surface area (Å²) >= 11 is 0. The Morgan fingerprint density at radius 3 is 2.65 bits per heavy atom. The molecule has 7 nitrogen and oxygen atoms in total. The topological polar surface area (TPSA) is 76.6 Å². The Morgan fingerprint density at radius 2 is 1.85 bits per heavy atom. The van der Waals surface area contributed by atoms with Gasteiger partial charge in [-0.25, -0.2) is 13.8 Å². The van der Waals surface area contributed by atoms with Crippen molar-refractivity contribution < 1.29 is 23.0 Å². The number of morpholine rings is 1. The van der Waals surface area contributed by atoms with Crippen LogP contribution in [0.25, 0.3) is 11.0 Å². The molecule has 0 atom stereocenters. The molecular weight excluding hydrogens is 442 g/mol. The number of nitrogens with zero attached hydrogens (tertiary/aromatic N) is 3. The van der Waals surface area contributed by atoms with Crippen molar-refractivity contribution in [2.45, 2.75) is 0 Å². The fourth-order valence-electron chi connectivity index (χ4n) is 3.61. The molecule has 1 aromatic heterocycles. The summed E-state index contributed by atoms with van der Waals surface area (Å²) in [4.78, 5) is 23.5. The van der Waals surface area contributed by atoms with Gasteiger partial charge in [-0.05, 0) is 42.5 Å². The number of hydrogen-bond acceptors (Lipinski definition) is 6. The molecule has 1 amide bonds. The standard InChI is InChI=1S/C25H20F2N4O3/c26-17-3-1-2-16(12-17)25(32)29-18-4-7-23(20(27)13-18)34-19-5-6-21-22(14-19)30-24(15-28-21)31-8-10-33-11-9-31/h1-7,12-15H,8-11H2,(H,29,32). The molecule has 1 fully saturated rings. The summed E-state index contributed by atoms with van der Waals surface area (Å²) in [5, 5.41) is 2.55. The predicted molar refractivity (Wildman–Crippen MR) is 123 cm³/mol. The van der Waals surface area contributed by atoms with Gasteiger partial charge in [-0.15, -0.1) is 0 Å². The molecule has 0 spiro atoms. The van der Waals surface area contributed by atoms with Crippen molar-refractivity contribution in [2.75, 3.05) is 36.5 Å². The van der Waals surface area contributed by atoms with Crippen molar-refractivity contribution in [1.29, 1.82) is 0 Å². The number of halogens is 2. The van der Waals surface area contributed by atoms with Gasteiger partial charge in [0.2, 0.25) is 0 Å². The van der Waals surface area contributed by atoms with Crippen LogP contribution >= 0.6 is 0 Å². The maximum Gasteiger partial charge on any atom is 0.255 e. The number of fused-ring (bicyclic) bond motifs is 1. The van der Waals surface area contributed by atoms with E-state index in [0.29, 0.717) is 30.0 Å². The first-order chi connectivity index (χ1) is 16.5. The summed E-state index contributed by atoms with van der Waals surface area (Å²) in [5.74, 6) is -0.601. The maximum absolute atomic E-state index is 14.7. The van der Waals surface area contributed by atoms with Crippen molar-refractivity contribution in [2.24, 2.45) is 0 Å². The van der Waals surface area contributed by atoms with Crippen LogP contribution in [0.3, 0.4) is 0 Å². The Labute approximate surface area is 194 Å². The molecule has 34 heavy (non-hydrogen) atoms. The van der Waals surface area contributed by atoms with Crippen LogP contribution in [0.2, 0.25) is 0 Å². The minimum Gasteiger partial charge on any atom is -0.454 e. The minimum atomic E-state index is -0.662. The van der Waals surface area contributed by atoms with Gasteiger partial charge in [-0.1, -0.05) is 6.07 Å². The lowest BCUT2D eigenvalue weighted by Gasteiger charge is -2.27. The summed E-state index contributed by atoms with van der Waals surface area (Å²) in [7, 11) is 0. The van der Waals surface area contributed by atoms with Gasteiger partial charge in [0.1, 0.15) is 17.4 Å². The molecule has 0 unspecified atom stereocenters. The molecule has 1 saturated heterocycles. The minimum absolute atomic E-state index is 0.0135. The summed E-state index contributed by atoms with van der Waals surface area (Å²) in [6.45, 7) is 2.76. The van der Waals surface area contributed by atoms with Crippen LogP contribution in [0.1, 0.15) is 10.4 Å². The lowest BCUT2D eigenvalue weighted by atomic mass is 10.2. The number of rotatable bonds is 5. The maximum atomic E-state index is 14.7. The Bertz CT molecular complexity index is 1360. The molecule has 0 aliphatic carbocycles. The normalized spacial score (nSPS) is 13.6. The van der Waals surface area contributed by atoms with Gasteiger partial charge in [0, 0.05) is 36.5 Å². The van der Waals surface area contributed by atoms with E-state index < -0.39 is 17.5 Å². The zero-order valence-corrected chi connectivity index (χ0v) is 18.0. The molecule has 3 aromatic carbocycles. The lowest BCUT2D eigenvalue weighted by Crippen LogP contribution is -2.36. The van der Waals surface area contributed by atoms with Crippen LogP contribution in [0.5, 0.6) is 11.5 Å². The fourth-order valence-corrected chi connectivity index (χ4v) is 3.61. The van der Waals surface area contributed by atoms with Gasteiger partial charge in [-0.3, -0.25) is 9.78 Å². The third-order valence-corrected chi connectivity index (χ3v) is 5.34. The lowest BCUT2D eigenvalue weighted by molar-refractivity contribution is 0.102. The van der Waals surface area contributed by atoms with Crippen molar-refractivity contribution in [3.05, 3.63) is 84.1 Å². The van der Waals surface area contributed by atoms with Crippen LogP contribution in [0, 0.1) is 11.6 Å². The zero-order valence-electron chi connectivity index (χ0n) is 18.0. The van der Waals surface area contributed by atoms with E-state index in [1.807, 2.05) is 0 Å². The van der Waals surface area contributed by atoms with E-state index in [9.17, 15) is 13.6 Å². The Morgan fingerprint density at radius 1 is 1.00 bits per heavy atom. The number of amides is 1. The average molecular weight is 462 g/mol. The van der Waals surface area contributed by atoms with Gasteiger partial charge in [0.05, 0.1) is 30.4 Å². The van der Waals surface area contributed by atoms with E-state index in [1.54, 1.807) is 24.4 Å². The summed E-state index contributed by atoms with van der Waals surface area (Å²) in [5.41, 5.74) is 1.68. The van der Waals surface area contributed by atoms with Gasteiger partial charge in [0.15, 0.2) is 11.6 Å². The second kappa shape index (κ2) is 9.40. The van der Waals surface area contributed by atoms with Crippen molar-refractivity contribution in [3.63, 3.8) is 0 Å². The SMILES string of the molecule is O=C(Nc1ccc(Oc2ccc3ncc(N4CCOCC4)nc3c2)c(F)c1)c1cccc(F)c1. The van der Waals surface area contributed by atoms with Crippen LogP contribution < -0.4 is 15.0 Å². The highest BCUT2D eigenvalue weighted by atomic mass is 19.1. The van der Waals surface area contributed by atoms with E-state index in [-0.39, 0.29) is 17.0 Å². The van der Waals surface area contributed by atoms with Crippen LogP contribution in [-0.2, 0) is 4.74 Å². The first-order valence-corrected chi connectivity index (χ1v) is 10.7. The Hall–Kier alpha value is -4.11. The van der Waals surface area contributed by atoms with Crippen molar-refractivity contribution in [3.8, 4) is 11.5 Å². The fraction of sp³-hybridized carbons (Fsp3) is 0.160. The van der Waals surface area contributed by atoms with Crippen LogP contribution in [0.15, 0.2) is 66.9 Å². The number of nitrogens with one attached hydrogen (secondary N) is 1. The van der Waals surface area contributed by atoms with Crippen molar-refractivity contribution >= 4 is 28.4 Å². The van der Waals surface area contributed by atoms with Gasteiger partial charge in [0.25, 0.3) is 5.91 Å². The molecule has 1 aliphatic rings. The van der Waals surface area contributed by atoms with Crippen LogP contribution in [0.4, 0.5) is 20.3 Å². The molecule has 9 heteroatoms. The number of carbonyl (C=O) groups is 1.